The van der Waals surface area contributed by atoms with E-state index in [1.54, 1.807) is 0 Å². The summed E-state index contributed by atoms with van der Waals surface area (Å²) in [6.45, 7) is 6.16. The van der Waals surface area contributed by atoms with E-state index in [4.69, 9.17) is 28.4 Å². The van der Waals surface area contributed by atoms with Crippen LogP contribution in [0.25, 0.3) is 0 Å². The van der Waals surface area contributed by atoms with Gasteiger partial charge in [-0.25, -0.2) is 0 Å². The molecule has 10 aliphatic rings. The quantitative estimate of drug-likeness (QED) is 0.128. The molecule has 8 saturated heterocycles. The van der Waals surface area contributed by atoms with Gasteiger partial charge in [0.1, 0.15) is 0 Å². The molecule has 0 aromatic carbocycles. The Morgan fingerprint density at radius 1 is 0.386 bits per heavy atom. The van der Waals surface area contributed by atoms with Crippen LogP contribution in [0.5, 0.6) is 0 Å². The van der Waals surface area contributed by atoms with Crippen LogP contribution >= 0.6 is 0 Å². The van der Waals surface area contributed by atoms with Crippen molar-refractivity contribution in [2.45, 2.75) is 112 Å². The summed E-state index contributed by atoms with van der Waals surface area (Å²) in [4.78, 5) is 0. The van der Waals surface area contributed by atoms with Crippen LogP contribution in [-0.4, -0.2) is 138 Å². The van der Waals surface area contributed by atoms with Crippen molar-refractivity contribution >= 4 is 0 Å². The van der Waals surface area contributed by atoms with Crippen LogP contribution in [0.15, 0.2) is 0 Å². The minimum atomic E-state index is -0.845. The Hall–Kier alpha value is 1.27. The predicted octanol–water partition coefficient (Wildman–Crippen LogP) is -11.0. The Labute approximate surface area is 296 Å². The summed E-state index contributed by atoms with van der Waals surface area (Å²) in [6, 6.07) is -0.145. The van der Waals surface area contributed by atoms with E-state index < -0.39 is 25.2 Å². The summed E-state index contributed by atoms with van der Waals surface area (Å²) >= 11 is 0. The molecule has 0 amide bonds. The van der Waals surface area contributed by atoms with Crippen LogP contribution in [-0.2, 0) is 67.4 Å². The SMILES string of the molecule is [Cl-].[Cl-].[O-]C1[C@H]2OC3OC4[C@H]2NCCCNCCCN[C@@H]4[C@H]1O3.[O-]C1[C@H]2OC3OC4[C@H]2NCCCNCCCN[C@@H]4[C@H]1O3.[Zn+2].[Zn+2]. The summed E-state index contributed by atoms with van der Waals surface area (Å²) in [5, 5.41) is 45.6. The summed E-state index contributed by atoms with van der Waals surface area (Å²) in [5.41, 5.74) is 0. The van der Waals surface area contributed by atoms with E-state index in [9.17, 15) is 10.2 Å². The minimum absolute atomic E-state index is 0. The molecular weight excluding hydrogens is 726 g/mol. The second kappa shape index (κ2) is 18.3. The molecule has 6 N–H and O–H groups in total. The summed E-state index contributed by atoms with van der Waals surface area (Å²) in [5.74, 6) is 0. The van der Waals surface area contributed by atoms with Crippen molar-refractivity contribution in [3.8, 4) is 0 Å². The smallest absolute Gasteiger partial charge is 1.00 e. The molecule has 10 fully saturated rings. The van der Waals surface area contributed by atoms with Crippen molar-refractivity contribution in [3.63, 3.8) is 0 Å². The fraction of sp³-hybridized carbons (Fsp3) is 1.00. The van der Waals surface area contributed by atoms with E-state index >= 15 is 0 Å². The molecule has 10 rings (SSSR count). The van der Waals surface area contributed by atoms with Gasteiger partial charge in [0.25, 0.3) is 13.0 Å². The third-order valence-corrected chi connectivity index (χ3v) is 9.38. The van der Waals surface area contributed by atoms with Crippen LogP contribution in [0.3, 0.4) is 0 Å². The molecule has 0 spiro atoms. The zero-order valence-electron chi connectivity index (χ0n) is 25.0. The second-order valence-electron chi connectivity index (χ2n) is 11.9. The van der Waals surface area contributed by atoms with Gasteiger partial charge in [0.15, 0.2) is 0 Å². The summed E-state index contributed by atoms with van der Waals surface area (Å²) in [7, 11) is 0. The minimum Gasteiger partial charge on any atom is -1.00 e. The average molecular weight is 770 g/mol. The first kappa shape index (κ1) is 39.7. The standard InChI is InChI=1S/2C13H22N3O4.2ClH.2Zn/c2*17-9-11-7-10-8(12(9)20-13(18-10)19-11)16-6-2-4-14-3-1-5-15-7;;;;/h2*7-16H,1-6H2;2*1H;;/q2*-1;;;2*+2/p-2/t2*7-,8+,9?,10?,11+,12-,13?;;;;. The average Bonchev–Trinajstić information content (AvgIpc) is 2.94. The molecule has 18 heteroatoms. The van der Waals surface area contributed by atoms with Gasteiger partial charge in [0, 0.05) is 0 Å². The molecular formula is C26H44Cl2N6O8Zn2. The van der Waals surface area contributed by atoms with Gasteiger partial charge in [-0.2, -0.15) is 0 Å². The predicted molar refractivity (Wildman–Crippen MR) is 136 cm³/mol. The number of rotatable bonds is 0. The van der Waals surface area contributed by atoms with Gasteiger partial charge in [-0.1, -0.05) is 12.2 Å². The Bertz CT molecular complexity index is 750. The fourth-order valence-electron chi connectivity index (χ4n) is 7.44. The topological polar surface area (TPSA) is 174 Å². The van der Waals surface area contributed by atoms with Gasteiger partial charge < -0.3 is 95.3 Å². The maximum Gasteiger partial charge on any atom is 2.00 e. The molecule has 2 aliphatic carbocycles. The second-order valence-corrected chi connectivity index (χ2v) is 11.9. The molecule has 6 unspecified atom stereocenters. The third-order valence-electron chi connectivity index (χ3n) is 9.38. The van der Waals surface area contributed by atoms with Gasteiger partial charge in [0.05, 0.1) is 60.8 Å². The van der Waals surface area contributed by atoms with E-state index in [-0.39, 0.29) is 125 Å². The van der Waals surface area contributed by atoms with Crippen molar-refractivity contribution in [1.29, 1.82) is 0 Å². The molecule has 2 saturated carbocycles. The first-order valence-corrected chi connectivity index (χ1v) is 15.3. The van der Waals surface area contributed by atoms with Gasteiger partial charge in [-0.15, -0.1) is 0 Å². The van der Waals surface area contributed by atoms with E-state index in [0.717, 1.165) is 78.0 Å². The maximum absolute atomic E-state index is 12.5. The zero-order valence-corrected chi connectivity index (χ0v) is 32.5. The molecule has 244 valence electrons. The van der Waals surface area contributed by atoms with Crippen molar-refractivity contribution in [2.75, 3.05) is 52.4 Å². The monoisotopic (exact) mass is 766 g/mol. The number of hydrogen-bond donors (Lipinski definition) is 6. The van der Waals surface area contributed by atoms with E-state index in [1.807, 2.05) is 0 Å². The molecule has 14 atom stereocenters. The summed E-state index contributed by atoms with van der Waals surface area (Å²) < 4.78 is 34.0. The van der Waals surface area contributed by atoms with E-state index in [0.29, 0.717) is 0 Å². The molecule has 14 nitrogen and oxygen atoms in total. The molecule has 8 aliphatic heterocycles. The number of ether oxygens (including phenoxy) is 6. The fourth-order valence-corrected chi connectivity index (χ4v) is 7.44. The maximum atomic E-state index is 12.5. The van der Waals surface area contributed by atoms with Crippen molar-refractivity contribution in [2.24, 2.45) is 0 Å². The van der Waals surface area contributed by atoms with Gasteiger partial charge >= 0.3 is 39.0 Å². The Kier molecular flexibility index (Phi) is 16.5. The third kappa shape index (κ3) is 8.17. The van der Waals surface area contributed by atoms with Gasteiger partial charge in [0.2, 0.25) is 0 Å². The number of halogens is 2. The normalized spacial score (nSPS) is 47.6. The molecule has 12 bridgehead atoms. The van der Waals surface area contributed by atoms with Crippen LogP contribution in [0.4, 0.5) is 0 Å². The molecule has 8 heterocycles. The van der Waals surface area contributed by atoms with Crippen molar-refractivity contribution in [3.05, 3.63) is 0 Å². The Morgan fingerprint density at radius 2 is 0.636 bits per heavy atom. The van der Waals surface area contributed by atoms with Gasteiger partial charge in [-0.3, -0.25) is 0 Å². The Morgan fingerprint density at radius 3 is 0.909 bits per heavy atom. The number of hydrogen-bond acceptors (Lipinski definition) is 14. The molecule has 0 aromatic rings. The van der Waals surface area contributed by atoms with Crippen molar-refractivity contribution < 1.29 is 102 Å². The van der Waals surface area contributed by atoms with Crippen LogP contribution in [0, 0.1) is 0 Å². The van der Waals surface area contributed by atoms with Gasteiger partial charge in [-0.05, 0) is 78.0 Å². The zero-order chi connectivity index (χ0) is 27.1. The largest absolute Gasteiger partial charge is 2.00 e. The van der Waals surface area contributed by atoms with E-state index in [1.165, 1.54) is 0 Å². The molecule has 0 radical (unpaired) electrons. The Balaban J connectivity index is 0.000000220. The molecule has 0 aromatic heterocycles. The number of nitrogens with one attached hydrogen (secondary N) is 6. The first-order chi connectivity index (χ1) is 19.7. The molecule has 44 heavy (non-hydrogen) atoms. The van der Waals surface area contributed by atoms with Crippen LogP contribution in [0.2, 0.25) is 0 Å². The summed E-state index contributed by atoms with van der Waals surface area (Å²) in [6.07, 6.45) is 1.05. The first-order valence-electron chi connectivity index (χ1n) is 15.3. The van der Waals surface area contributed by atoms with Crippen LogP contribution < -0.4 is 66.9 Å². The van der Waals surface area contributed by atoms with Crippen molar-refractivity contribution in [1.82, 2.24) is 31.9 Å². The van der Waals surface area contributed by atoms with E-state index in [2.05, 4.69) is 31.9 Å². The van der Waals surface area contributed by atoms with Crippen LogP contribution in [0.1, 0.15) is 25.7 Å².